The first-order chi connectivity index (χ1) is 11.2. The lowest BCUT2D eigenvalue weighted by atomic mass is 9.98. The Labute approximate surface area is 138 Å². The van der Waals surface area contributed by atoms with E-state index in [-0.39, 0.29) is 17.0 Å². The van der Waals surface area contributed by atoms with E-state index in [9.17, 15) is 18.0 Å². The molecule has 1 heterocycles. The van der Waals surface area contributed by atoms with Crippen LogP contribution in [0.2, 0.25) is 0 Å². The predicted octanol–water partition coefficient (Wildman–Crippen LogP) is 4.56. The van der Waals surface area contributed by atoms with Gasteiger partial charge in [0.2, 0.25) is 0 Å². The lowest BCUT2D eigenvalue weighted by Crippen LogP contribution is -2.50. The smallest absolute Gasteiger partial charge is 0.377 e. The fraction of sp³-hybridized carbons (Fsp3) is 0.278. The highest BCUT2D eigenvalue weighted by Gasteiger charge is 2.34. The summed E-state index contributed by atoms with van der Waals surface area (Å²) in [4.78, 5) is 14.4. The van der Waals surface area contributed by atoms with Gasteiger partial charge in [-0.15, -0.1) is 0 Å². The first kappa shape index (κ1) is 16.4. The Morgan fingerprint density at radius 1 is 1.08 bits per heavy atom. The summed E-state index contributed by atoms with van der Waals surface area (Å²) in [6, 6.07) is 11.7. The number of anilines is 2. The first-order valence-corrected chi connectivity index (χ1v) is 7.54. The van der Waals surface area contributed by atoms with Crippen molar-refractivity contribution in [1.82, 2.24) is 0 Å². The van der Waals surface area contributed by atoms with Crippen molar-refractivity contribution in [2.24, 2.45) is 0 Å². The molecular formula is C18H17F3N2O. The van der Waals surface area contributed by atoms with Crippen LogP contribution in [-0.4, -0.2) is 18.0 Å². The molecule has 2 aromatic rings. The zero-order chi connectivity index (χ0) is 17.5. The molecular weight excluding hydrogens is 317 g/mol. The van der Waals surface area contributed by atoms with Gasteiger partial charge in [0.1, 0.15) is 0 Å². The molecule has 24 heavy (non-hydrogen) atoms. The standard InChI is InChI=1S/C18H17F3N2O/c1-17(2)11-23(15-6-4-3-5-14(15)22-17)16(24)12-7-9-13(10-8-12)18(19,20)21/h3-10,22H,11H2,1-2H3. The average molecular weight is 334 g/mol. The van der Waals surface area contributed by atoms with E-state index in [1.807, 2.05) is 38.1 Å². The van der Waals surface area contributed by atoms with Crippen molar-refractivity contribution in [1.29, 1.82) is 0 Å². The lowest BCUT2D eigenvalue weighted by molar-refractivity contribution is -0.137. The van der Waals surface area contributed by atoms with Crippen LogP contribution < -0.4 is 10.2 Å². The van der Waals surface area contributed by atoms with Gasteiger partial charge in [0.15, 0.2) is 0 Å². The van der Waals surface area contributed by atoms with E-state index >= 15 is 0 Å². The molecule has 0 aliphatic carbocycles. The molecule has 1 aliphatic rings. The summed E-state index contributed by atoms with van der Waals surface area (Å²) in [6.45, 7) is 4.36. The molecule has 0 spiro atoms. The zero-order valence-electron chi connectivity index (χ0n) is 13.3. The van der Waals surface area contributed by atoms with E-state index < -0.39 is 11.7 Å². The molecule has 0 radical (unpaired) electrons. The number of hydrogen-bond donors (Lipinski definition) is 1. The van der Waals surface area contributed by atoms with Gasteiger partial charge in [-0.1, -0.05) is 12.1 Å². The van der Waals surface area contributed by atoms with Crippen LogP contribution in [0.15, 0.2) is 48.5 Å². The number of alkyl halides is 3. The van der Waals surface area contributed by atoms with E-state index in [4.69, 9.17) is 0 Å². The van der Waals surface area contributed by atoms with Crippen molar-refractivity contribution < 1.29 is 18.0 Å². The third-order valence-electron chi connectivity index (χ3n) is 3.93. The first-order valence-electron chi connectivity index (χ1n) is 7.54. The minimum Gasteiger partial charge on any atom is -0.377 e. The average Bonchev–Trinajstić information content (AvgIpc) is 2.52. The molecule has 0 saturated heterocycles. The number of fused-ring (bicyclic) bond motifs is 1. The van der Waals surface area contributed by atoms with Gasteiger partial charge in [0.25, 0.3) is 5.91 Å². The molecule has 0 unspecified atom stereocenters. The molecule has 0 fully saturated rings. The van der Waals surface area contributed by atoms with Crippen LogP contribution in [0.5, 0.6) is 0 Å². The summed E-state index contributed by atoms with van der Waals surface area (Å²) >= 11 is 0. The van der Waals surface area contributed by atoms with Crippen molar-refractivity contribution >= 4 is 17.3 Å². The molecule has 1 aliphatic heterocycles. The minimum absolute atomic E-state index is 0.232. The molecule has 0 saturated carbocycles. The van der Waals surface area contributed by atoms with Crippen molar-refractivity contribution in [2.45, 2.75) is 25.6 Å². The summed E-state index contributed by atoms with van der Waals surface area (Å²) in [6.07, 6.45) is -4.41. The Morgan fingerprint density at radius 2 is 1.71 bits per heavy atom. The third kappa shape index (κ3) is 3.09. The Bertz CT molecular complexity index is 767. The van der Waals surface area contributed by atoms with E-state index in [1.165, 1.54) is 12.1 Å². The number of carbonyl (C=O) groups excluding carboxylic acids is 1. The molecule has 0 atom stereocenters. The van der Waals surface area contributed by atoms with Crippen LogP contribution in [-0.2, 0) is 6.18 Å². The van der Waals surface area contributed by atoms with Crippen LogP contribution in [0.3, 0.4) is 0 Å². The number of hydrogen-bond acceptors (Lipinski definition) is 2. The maximum absolute atomic E-state index is 12.8. The zero-order valence-corrected chi connectivity index (χ0v) is 13.3. The van der Waals surface area contributed by atoms with Crippen LogP contribution in [0, 0.1) is 0 Å². The van der Waals surface area contributed by atoms with E-state index in [2.05, 4.69) is 5.32 Å². The van der Waals surface area contributed by atoms with Gasteiger partial charge in [-0.25, -0.2) is 0 Å². The molecule has 2 aromatic carbocycles. The predicted molar refractivity (Wildman–Crippen MR) is 87.3 cm³/mol. The fourth-order valence-electron chi connectivity index (χ4n) is 2.84. The van der Waals surface area contributed by atoms with Crippen molar-refractivity contribution in [2.75, 3.05) is 16.8 Å². The van der Waals surface area contributed by atoms with Gasteiger partial charge >= 0.3 is 6.18 Å². The minimum atomic E-state index is -4.41. The molecule has 0 aromatic heterocycles. The van der Waals surface area contributed by atoms with Gasteiger partial charge in [-0.2, -0.15) is 13.2 Å². The van der Waals surface area contributed by atoms with Crippen LogP contribution in [0.25, 0.3) is 0 Å². The second-order valence-electron chi connectivity index (χ2n) is 6.49. The summed E-state index contributed by atoms with van der Waals surface area (Å²) in [7, 11) is 0. The molecule has 0 bridgehead atoms. The number of rotatable bonds is 1. The van der Waals surface area contributed by atoms with E-state index in [1.54, 1.807) is 4.90 Å². The van der Waals surface area contributed by atoms with Crippen molar-refractivity contribution in [3.63, 3.8) is 0 Å². The molecule has 3 rings (SSSR count). The highest BCUT2D eigenvalue weighted by atomic mass is 19.4. The number of carbonyl (C=O) groups is 1. The Kier molecular flexibility index (Phi) is 3.78. The quantitative estimate of drug-likeness (QED) is 0.829. The van der Waals surface area contributed by atoms with E-state index in [0.29, 0.717) is 6.54 Å². The number of para-hydroxylation sites is 2. The molecule has 126 valence electrons. The lowest BCUT2D eigenvalue weighted by Gasteiger charge is -2.40. The van der Waals surface area contributed by atoms with Crippen molar-refractivity contribution in [3.8, 4) is 0 Å². The fourth-order valence-corrected chi connectivity index (χ4v) is 2.84. The maximum atomic E-state index is 12.8. The van der Waals surface area contributed by atoms with Gasteiger partial charge in [-0.05, 0) is 50.2 Å². The Hall–Kier alpha value is -2.50. The summed E-state index contributed by atoms with van der Waals surface area (Å²) in [5, 5.41) is 3.36. The van der Waals surface area contributed by atoms with Crippen molar-refractivity contribution in [3.05, 3.63) is 59.7 Å². The summed E-state index contributed by atoms with van der Waals surface area (Å²) < 4.78 is 38.0. The Morgan fingerprint density at radius 3 is 2.33 bits per heavy atom. The second kappa shape index (κ2) is 5.54. The van der Waals surface area contributed by atoms with Gasteiger partial charge < -0.3 is 10.2 Å². The maximum Gasteiger partial charge on any atom is 0.416 e. The number of nitrogens with zero attached hydrogens (tertiary/aromatic N) is 1. The summed E-state index contributed by atoms with van der Waals surface area (Å²) in [5.41, 5.74) is 0.682. The summed E-state index contributed by atoms with van der Waals surface area (Å²) in [5.74, 6) is -0.314. The SMILES string of the molecule is CC1(C)CN(C(=O)c2ccc(C(F)(F)F)cc2)c2ccccc2N1. The van der Waals surface area contributed by atoms with Gasteiger partial charge in [0.05, 0.1) is 16.9 Å². The van der Waals surface area contributed by atoms with Crippen LogP contribution in [0.1, 0.15) is 29.8 Å². The molecule has 3 nitrogen and oxygen atoms in total. The van der Waals surface area contributed by atoms with E-state index in [0.717, 1.165) is 23.5 Å². The van der Waals surface area contributed by atoms with Gasteiger partial charge in [-0.3, -0.25) is 4.79 Å². The highest BCUT2D eigenvalue weighted by molar-refractivity contribution is 6.08. The second-order valence-corrected chi connectivity index (χ2v) is 6.49. The number of benzene rings is 2. The largest absolute Gasteiger partial charge is 0.416 e. The molecule has 1 N–H and O–H groups in total. The monoisotopic (exact) mass is 334 g/mol. The molecule has 1 amide bonds. The topological polar surface area (TPSA) is 32.3 Å². The molecule has 6 heteroatoms. The number of halogens is 3. The highest BCUT2D eigenvalue weighted by Crippen LogP contribution is 2.35. The Balaban J connectivity index is 1.95. The third-order valence-corrected chi connectivity index (χ3v) is 3.93. The number of amides is 1. The van der Waals surface area contributed by atoms with Gasteiger partial charge in [0, 0.05) is 17.6 Å². The van der Waals surface area contributed by atoms with Crippen LogP contribution >= 0.6 is 0 Å². The normalized spacial score (nSPS) is 16.3. The van der Waals surface area contributed by atoms with Crippen LogP contribution in [0.4, 0.5) is 24.5 Å². The number of nitrogens with one attached hydrogen (secondary N) is 1.